The zero-order valence-electron chi connectivity index (χ0n) is 8.69. The third kappa shape index (κ3) is 4.74. The van der Waals surface area contributed by atoms with E-state index in [0.29, 0.717) is 16.8 Å². The summed E-state index contributed by atoms with van der Waals surface area (Å²) < 4.78 is 5.54. The summed E-state index contributed by atoms with van der Waals surface area (Å²) in [5.41, 5.74) is 0. The maximum atomic E-state index is 5.71. The van der Waals surface area contributed by atoms with Crippen LogP contribution in [0.3, 0.4) is 0 Å². The summed E-state index contributed by atoms with van der Waals surface area (Å²) in [5.74, 6) is 1.27. The van der Waals surface area contributed by atoms with Gasteiger partial charge in [-0.1, -0.05) is 11.6 Å². The zero-order valence-corrected chi connectivity index (χ0v) is 11.1. The second-order valence-electron chi connectivity index (χ2n) is 3.48. The van der Waals surface area contributed by atoms with E-state index in [2.05, 4.69) is 10.3 Å². The van der Waals surface area contributed by atoms with Crippen molar-refractivity contribution in [2.45, 2.75) is 6.42 Å². The summed E-state index contributed by atoms with van der Waals surface area (Å²) in [6.07, 6.45) is 2.79. The maximum absolute atomic E-state index is 5.71. The summed E-state index contributed by atoms with van der Waals surface area (Å²) in [7, 11) is 0. The SMILES string of the molecule is Cl.Cl.Clc1ccc(OCC2CCNC2)nc1. The number of pyridine rings is 1. The standard InChI is InChI=1S/C10H13ClN2O.2ClH/c11-9-1-2-10(13-6-9)14-7-8-3-4-12-5-8;;/h1-2,6,8,12H,3-5,7H2;2*1H. The maximum Gasteiger partial charge on any atom is 0.213 e. The lowest BCUT2D eigenvalue weighted by Gasteiger charge is -2.09. The largest absolute Gasteiger partial charge is 0.477 e. The van der Waals surface area contributed by atoms with Crippen molar-refractivity contribution >= 4 is 36.4 Å². The quantitative estimate of drug-likeness (QED) is 0.927. The Morgan fingerprint density at radius 1 is 1.44 bits per heavy atom. The highest BCUT2D eigenvalue weighted by atomic mass is 35.5. The molecule has 0 radical (unpaired) electrons. The van der Waals surface area contributed by atoms with Crippen LogP contribution in [0.1, 0.15) is 6.42 Å². The Morgan fingerprint density at radius 3 is 2.81 bits per heavy atom. The van der Waals surface area contributed by atoms with Gasteiger partial charge in [0.25, 0.3) is 0 Å². The molecule has 3 nitrogen and oxygen atoms in total. The third-order valence-corrected chi connectivity index (χ3v) is 2.55. The summed E-state index contributed by atoms with van der Waals surface area (Å²) in [6, 6.07) is 3.58. The first-order chi connectivity index (χ1) is 6.84. The van der Waals surface area contributed by atoms with Gasteiger partial charge < -0.3 is 10.1 Å². The minimum atomic E-state index is 0. The van der Waals surface area contributed by atoms with Crippen molar-refractivity contribution in [2.75, 3.05) is 19.7 Å². The van der Waals surface area contributed by atoms with Gasteiger partial charge in [-0.25, -0.2) is 4.98 Å². The van der Waals surface area contributed by atoms with Crippen LogP contribution in [0.4, 0.5) is 0 Å². The Bertz CT molecular complexity index is 289. The minimum Gasteiger partial charge on any atom is -0.477 e. The molecule has 0 aromatic carbocycles. The van der Waals surface area contributed by atoms with E-state index in [1.165, 1.54) is 6.42 Å². The Kier molecular flexibility index (Phi) is 7.85. The van der Waals surface area contributed by atoms with Gasteiger partial charge in [0.2, 0.25) is 5.88 Å². The summed E-state index contributed by atoms with van der Waals surface area (Å²) in [5, 5.41) is 3.93. The van der Waals surface area contributed by atoms with Crippen LogP contribution in [-0.4, -0.2) is 24.7 Å². The van der Waals surface area contributed by atoms with Crippen LogP contribution in [0.25, 0.3) is 0 Å². The van der Waals surface area contributed by atoms with Gasteiger partial charge in [-0.3, -0.25) is 0 Å². The molecule has 1 saturated heterocycles. The molecule has 1 aliphatic rings. The van der Waals surface area contributed by atoms with Gasteiger partial charge in [0.1, 0.15) is 0 Å². The van der Waals surface area contributed by atoms with Gasteiger partial charge >= 0.3 is 0 Å². The number of hydrogen-bond acceptors (Lipinski definition) is 3. The smallest absolute Gasteiger partial charge is 0.213 e. The molecule has 0 aliphatic carbocycles. The van der Waals surface area contributed by atoms with Crippen molar-refractivity contribution in [3.05, 3.63) is 23.4 Å². The predicted octanol–water partition coefficient (Wildman–Crippen LogP) is 2.57. The van der Waals surface area contributed by atoms with Crippen LogP contribution < -0.4 is 10.1 Å². The van der Waals surface area contributed by atoms with E-state index >= 15 is 0 Å². The molecule has 2 heterocycles. The summed E-state index contributed by atoms with van der Waals surface area (Å²) in [6.45, 7) is 2.89. The molecular weight excluding hydrogens is 270 g/mol. The fourth-order valence-electron chi connectivity index (χ4n) is 1.51. The second-order valence-corrected chi connectivity index (χ2v) is 3.92. The fourth-order valence-corrected chi connectivity index (χ4v) is 1.62. The molecule has 1 fully saturated rings. The number of aromatic nitrogens is 1. The molecule has 1 aromatic heterocycles. The minimum absolute atomic E-state index is 0. The highest BCUT2D eigenvalue weighted by Gasteiger charge is 2.14. The molecular formula is C10H15Cl3N2O. The average Bonchev–Trinajstić information content (AvgIpc) is 2.70. The van der Waals surface area contributed by atoms with E-state index in [1.54, 1.807) is 18.3 Å². The second kappa shape index (κ2) is 7.96. The molecule has 0 amide bonds. The van der Waals surface area contributed by atoms with E-state index in [-0.39, 0.29) is 24.8 Å². The van der Waals surface area contributed by atoms with Crippen LogP contribution >= 0.6 is 36.4 Å². The molecule has 0 bridgehead atoms. The molecule has 16 heavy (non-hydrogen) atoms. The molecule has 2 rings (SSSR count). The number of hydrogen-bond donors (Lipinski definition) is 1. The molecule has 92 valence electrons. The lowest BCUT2D eigenvalue weighted by molar-refractivity contribution is 0.251. The molecule has 0 saturated carbocycles. The monoisotopic (exact) mass is 284 g/mol. The topological polar surface area (TPSA) is 34.1 Å². The average molecular weight is 286 g/mol. The first kappa shape index (κ1) is 15.8. The highest BCUT2D eigenvalue weighted by Crippen LogP contribution is 2.14. The van der Waals surface area contributed by atoms with E-state index in [1.807, 2.05) is 0 Å². The number of rotatable bonds is 3. The van der Waals surface area contributed by atoms with E-state index in [0.717, 1.165) is 19.7 Å². The normalized spacial score (nSPS) is 18.4. The van der Waals surface area contributed by atoms with Crippen LogP contribution in [0.5, 0.6) is 5.88 Å². The van der Waals surface area contributed by atoms with Gasteiger partial charge in [0.05, 0.1) is 11.6 Å². The van der Waals surface area contributed by atoms with Gasteiger partial charge in [-0.2, -0.15) is 0 Å². The van der Waals surface area contributed by atoms with Crippen molar-refractivity contribution in [1.82, 2.24) is 10.3 Å². The first-order valence-electron chi connectivity index (χ1n) is 4.79. The van der Waals surface area contributed by atoms with E-state index < -0.39 is 0 Å². The van der Waals surface area contributed by atoms with Crippen LogP contribution in [0.2, 0.25) is 5.02 Å². The van der Waals surface area contributed by atoms with Gasteiger partial charge in [0.15, 0.2) is 0 Å². The van der Waals surface area contributed by atoms with Gasteiger partial charge in [0, 0.05) is 24.7 Å². The molecule has 1 unspecified atom stereocenters. The van der Waals surface area contributed by atoms with Crippen LogP contribution in [-0.2, 0) is 0 Å². The van der Waals surface area contributed by atoms with Crippen molar-refractivity contribution in [3.63, 3.8) is 0 Å². The molecule has 0 spiro atoms. The van der Waals surface area contributed by atoms with E-state index in [9.17, 15) is 0 Å². The van der Waals surface area contributed by atoms with Crippen LogP contribution in [0.15, 0.2) is 18.3 Å². The number of nitrogens with one attached hydrogen (secondary N) is 1. The first-order valence-corrected chi connectivity index (χ1v) is 5.17. The van der Waals surface area contributed by atoms with Crippen LogP contribution in [0, 0.1) is 5.92 Å². The fraction of sp³-hybridized carbons (Fsp3) is 0.500. The molecule has 6 heteroatoms. The number of ether oxygens (including phenoxy) is 1. The summed E-state index contributed by atoms with van der Waals surface area (Å²) >= 11 is 5.71. The highest BCUT2D eigenvalue weighted by molar-refractivity contribution is 6.30. The lowest BCUT2D eigenvalue weighted by atomic mass is 10.1. The van der Waals surface area contributed by atoms with Crippen molar-refractivity contribution in [1.29, 1.82) is 0 Å². The lowest BCUT2D eigenvalue weighted by Crippen LogP contribution is -2.15. The van der Waals surface area contributed by atoms with E-state index in [4.69, 9.17) is 16.3 Å². The Morgan fingerprint density at radius 2 is 2.25 bits per heavy atom. The number of halogens is 3. The molecule has 1 aliphatic heterocycles. The third-order valence-electron chi connectivity index (χ3n) is 2.33. The molecule has 1 aromatic rings. The Hall–Kier alpha value is -0.220. The molecule has 1 N–H and O–H groups in total. The number of nitrogens with zero attached hydrogens (tertiary/aromatic N) is 1. The zero-order chi connectivity index (χ0) is 9.80. The molecule has 1 atom stereocenters. The Balaban J connectivity index is 0.00000112. The predicted molar refractivity (Wildman–Crippen MR) is 70.2 cm³/mol. The van der Waals surface area contributed by atoms with Gasteiger partial charge in [-0.15, -0.1) is 24.8 Å². The van der Waals surface area contributed by atoms with Crippen molar-refractivity contribution in [3.8, 4) is 5.88 Å². The Labute approximate surface area is 113 Å². The van der Waals surface area contributed by atoms with Crippen molar-refractivity contribution in [2.24, 2.45) is 5.92 Å². The van der Waals surface area contributed by atoms with Gasteiger partial charge in [-0.05, 0) is 19.0 Å². The summed E-state index contributed by atoms with van der Waals surface area (Å²) in [4.78, 5) is 4.06. The van der Waals surface area contributed by atoms with Crippen molar-refractivity contribution < 1.29 is 4.74 Å².